The van der Waals surface area contributed by atoms with Crippen molar-refractivity contribution in [3.63, 3.8) is 0 Å². The van der Waals surface area contributed by atoms with Crippen molar-refractivity contribution in [1.29, 1.82) is 0 Å². The molecular weight excluding hydrogens is 227 g/mol. The summed E-state index contributed by atoms with van der Waals surface area (Å²) in [6.45, 7) is 1.22. The van der Waals surface area contributed by atoms with E-state index in [0.29, 0.717) is 12.1 Å². The molecule has 1 aromatic rings. The largest absolute Gasteiger partial charge is 0.416 e. The number of alkyl halides is 3. The van der Waals surface area contributed by atoms with Gasteiger partial charge >= 0.3 is 6.18 Å². The number of hydrogen-bond acceptors (Lipinski definition) is 1. The van der Waals surface area contributed by atoms with Crippen LogP contribution in [0.2, 0.25) is 0 Å². The summed E-state index contributed by atoms with van der Waals surface area (Å²) >= 11 is 0. The Kier molecular flexibility index (Phi) is 3.22. The lowest BCUT2D eigenvalue weighted by Gasteiger charge is -2.21. The number of hydrogen-bond donors (Lipinski definition) is 0. The first-order valence-electron chi connectivity index (χ1n) is 5.29. The van der Waals surface area contributed by atoms with Crippen LogP contribution in [-0.2, 0) is 12.7 Å². The molecule has 1 aromatic carbocycles. The molecular formula is C13H12F3N. The molecule has 0 unspecified atom stereocenters. The van der Waals surface area contributed by atoms with Gasteiger partial charge in [-0.25, -0.2) is 0 Å². The predicted molar refractivity (Wildman–Crippen MR) is 60.1 cm³/mol. The number of allylic oxidation sites excluding steroid dienone is 2. The summed E-state index contributed by atoms with van der Waals surface area (Å²) in [4.78, 5) is 1.95. The Hall–Kier alpha value is -1.71. The van der Waals surface area contributed by atoms with Crippen LogP contribution in [0.4, 0.5) is 13.2 Å². The molecule has 0 amide bonds. The zero-order valence-corrected chi connectivity index (χ0v) is 9.11. The average molecular weight is 239 g/mol. The van der Waals surface area contributed by atoms with Gasteiger partial charge in [0.15, 0.2) is 0 Å². The van der Waals surface area contributed by atoms with Crippen molar-refractivity contribution in [2.24, 2.45) is 0 Å². The summed E-state index contributed by atoms with van der Waals surface area (Å²) in [5.74, 6) is 0. The molecule has 1 aliphatic heterocycles. The highest BCUT2D eigenvalue weighted by atomic mass is 19.4. The number of rotatable bonds is 2. The minimum Gasteiger partial charge on any atom is -0.369 e. The van der Waals surface area contributed by atoms with E-state index < -0.39 is 11.7 Å². The lowest BCUT2D eigenvalue weighted by molar-refractivity contribution is -0.137. The van der Waals surface area contributed by atoms with Gasteiger partial charge in [0.1, 0.15) is 0 Å². The molecule has 0 spiro atoms. The molecule has 0 aliphatic carbocycles. The quantitative estimate of drug-likeness (QED) is 0.762. The van der Waals surface area contributed by atoms with Crippen LogP contribution in [0.25, 0.3) is 0 Å². The van der Waals surface area contributed by atoms with E-state index in [-0.39, 0.29) is 0 Å². The van der Waals surface area contributed by atoms with Gasteiger partial charge in [0.2, 0.25) is 0 Å². The Morgan fingerprint density at radius 3 is 2.65 bits per heavy atom. The second-order valence-electron chi connectivity index (χ2n) is 3.90. The zero-order valence-electron chi connectivity index (χ0n) is 9.11. The lowest BCUT2D eigenvalue weighted by atomic mass is 10.1. The van der Waals surface area contributed by atoms with Crippen molar-refractivity contribution in [2.75, 3.05) is 6.54 Å². The highest BCUT2D eigenvalue weighted by molar-refractivity contribution is 5.26. The van der Waals surface area contributed by atoms with E-state index in [1.165, 1.54) is 12.1 Å². The Bertz CT molecular complexity index is 446. The second kappa shape index (κ2) is 4.65. The van der Waals surface area contributed by atoms with E-state index in [9.17, 15) is 13.2 Å². The SMILES string of the molecule is FC(F)(F)c1cccc(CN2C=CC=CC2)c1. The molecule has 0 saturated heterocycles. The smallest absolute Gasteiger partial charge is 0.369 e. The molecule has 2 rings (SSSR count). The van der Waals surface area contributed by atoms with Crippen LogP contribution in [-0.4, -0.2) is 11.4 Å². The zero-order chi connectivity index (χ0) is 12.3. The summed E-state index contributed by atoms with van der Waals surface area (Å²) in [5, 5.41) is 0. The van der Waals surface area contributed by atoms with E-state index >= 15 is 0 Å². The van der Waals surface area contributed by atoms with Crippen LogP contribution in [0, 0.1) is 0 Å². The molecule has 17 heavy (non-hydrogen) atoms. The van der Waals surface area contributed by atoms with Crippen molar-refractivity contribution in [3.05, 3.63) is 59.8 Å². The molecule has 0 fully saturated rings. The van der Waals surface area contributed by atoms with E-state index in [2.05, 4.69) is 0 Å². The van der Waals surface area contributed by atoms with Crippen molar-refractivity contribution in [2.45, 2.75) is 12.7 Å². The first-order valence-corrected chi connectivity index (χ1v) is 5.29. The Labute approximate surface area is 97.9 Å². The maximum atomic E-state index is 12.5. The van der Waals surface area contributed by atoms with Gasteiger partial charge in [-0.2, -0.15) is 13.2 Å². The van der Waals surface area contributed by atoms with Crippen molar-refractivity contribution < 1.29 is 13.2 Å². The molecule has 0 N–H and O–H groups in total. The maximum absolute atomic E-state index is 12.5. The van der Waals surface area contributed by atoms with Crippen molar-refractivity contribution in [1.82, 2.24) is 4.90 Å². The predicted octanol–water partition coefficient (Wildman–Crippen LogP) is 3.59. The third-order valence-corrected chi connectivity index (χ3v) is 2.52. The normalized spacial score (nSPS) is 15.4. The molecule has 0 atom stereocenters. The molecule has 1 aliphatic rings. The summed E-state index contributed by atoms with van der Waals surface area (Å²) < 4.78 is 37.5. The van der Waals surface area contributed by atoms with Crippen LogP contribution < -0.4 is 0 Å². The Morgan fingerprint density at radius 1 is 1.18 bits per heavy atom. The van der Waals surface area contributed by atoms with Crippen molar-refractivity contribution >= 4 is 0 Å². The van der Waals surface area contributed by atoms with Gasteiger partial charge < -0.3 is 4.90 Å². The first-order chi connectivity index (χ1) is 8.05. The fourth-order valence-corrected chi connectivity index (χ4v) is 1.70. The molecule has 4 heteroatoms. The van der Waals surface area contributed by atoms with Gasteiger partial charge in [0.05, 0.1) is 5.56 Å². The number of halogens is 3. The van der Waals surface area contributed by atoms with Crippen LogP contribution in [0.1, 0.15) is 11.1 Å². The molecule has 0 bridgehead atoms. The second-order valence-corrected chi connectivity index (χ2v) is 3.90. The third-order valence-electron chi connectivity index (χ3n) is 2.52. The first kappa shape index (κ1) is 11.8. The highest BCUT2D eigenvalue weighted by Gasteiger charge is 2.30. The topological polar surface area (TPSA) is 3.24 Å². The molecule has 1 nitrogen and oxygen atoms in total. The van der Waals surface area contributed by atoms with E-state index in [4.69, 9.17) is 0 Å². The Morgan fingerprint density at radius 2 is 2.00 bits per heavy atom. The fraction of sp³-hybridized carbons (Fsp3) is 0.231. The summed E-state index contributed by atoms with van der Waals surface area (Å²) in [7, 11) is 0. The number of benzene rings is 1. The number of nitrogens with zero attached hydrogens (tertiary/aromatic N) is 1. The van der Waals surface area contributed by atoms with Gasteiger partial charge in [0, 0.05) is 13.1 Å². The van der Waals surface area contributed by atoms with Gasteiger partial charge in [-0.05, 0) is 30.0 Å². The van der Waals surface area contributed by atoms with Crippen molar-refractivity contribution in [3.8, 4) is 0 Å². The fourth-order valence-electron chi connectivity index (χ4n) is 1.70. The van der Waals surface area contributed by atoms with Crippen LogP contribution >= 0.6 is 0 Å². The maximum Gasteiger partial charge on any atom is 0.416 e. The van der Waals surface area contributed by atoms with Gasteiger partial charge in [0.25, 0.3) is 0 Å². The summed E-state index contributed by atoms with van der Waals surface area (Å²) in [6, 6.07) is 5.45. The van der Waals surface area contributed by atoms with Crippen LogP contribution in [0.15, 0.2) is 48.7 Å². The van der Waals surface area contributed by atoms with Crippen LogP contribution in [0.3, 0.4) is 0 Å². The molecule has 0 radical (unpaired) electrons. The van der Waals surface area contributed by atoms with Crippen LogP contribution in [0.5, 0.6) is 0 Å². The monoisotopic (exact) mass is 239 g/mol. The van der Waals surface area contributed by atoms with Gasteiger partial charge in [-0.15, -0.1) is 0 Å². The van der Waals surface area contributed by atoms with E-state index in [1.807, 2.05) is 29.3 Å². The van der Waals surface area contributed by atoms with E-state index in [1.54, 1.807) is 6.07 Å². The van der Waals surface area contributed by atoms with E-state index in [0.717, 1.165) is 12.6 Å². The molecule has 0 saturated carbocycles. The van der Waals surface area contributed by atoms with Gasteiger partial charge in [-0.1, -0.05) is 24.3 Å². The summed E-state index contributed by atoms with van der Waals surface area (Å²) in [6.07, 6.45) is 3.36. The third kappa shape index (κ3) is 3.12. The minimum absolute atomic E-state index is 0.491. The summed E-state index contributed by atoms with van der Waals surface area (Å²) in [5.41, 5.74) is 0.0753. The lowest BCUT2D eigenvalue weighted by Crippen LogP contribution is -2.18. The standard InChI is InChI=1S/C13H12F3N/c14-13(15,16)12-6-4-5-11(9-12)10-17-7-2-1-3-8-17/h1-7,9H,8,10H2. The van der Waals surface area contributed by atoms with Gasteiger partial charge in [-0.3, -0.25) is 0 Å². The average Bonchev–Trinajstić information content (AvgIpc) is 2.29. The Balaban J connectivity index is 2.11. The molecule has 90 valence electrons. The minimum atomic E-state index is -4.27. The highest BCUT2D eigenvalue weighted by Crippen LogP contribution is 2.29. The molecule has 1 heterocycles. The molecule has 0 aromatic heterocycles.